The Morgan fingerprint density at radius 2 is 1.82 bits per heavy atom. The fraction of sp³-hybridized carbons (Fsp3) is 0.385. The van der Waals surface area contributed by atoms with E-state index in [1.165, 1.54) is 0 Å². The van der Waals surface area contributed by atoms with E-state index in [1.54, 1.807) is 7.11 Å². The fourth-order valence-corrected chi connectivity index (χ4v) is 3.51. The number of ether oxygens (including phenoxy) is 1. The second-order valence-corrected chi connectivity index (χ2v) is 8.49. The van der Waals surface area contributed by atoms with E-state index in [2.05, 4.69) is 41.9 Å². The molecule has 0 saturated carbocycles. The van der Waals surface area contributed by atoms with Gasteiger partial charge in [-0.05, 0) is 43.0 Å². The quantitative estimate of drug-likeness (QED) is 0.352. The van der Waals surface area contributed by atoms with Gasteiger partial charge in [-0.3, -0.25) is 4.79 Å². The van der Waals surface area contributed by atoms with Gasteiger partial charge < -0.3 is 25.2 Å². The van der Waals surface area contributed by atoms with Crippen molar-refractivity contribution in [2.75, 3.05) is 24.3 Å². The van der Waals surface area contributed by atoms with Crippen molar-refractivity contribution in [3.8, 4) is 17.1 Å². The standard InChI is InChI=1S/C26H34N4O3/c1-5-20(17-27-21-11-13-22(32-4)14-12-21)28-26(31)23(15-18(2)3)29-25-16-24(33-30-25)19-9-7-6-8-10-19/h6-14,16,18,20,23,27H,5,15,17H2,1-4H3,(H,28,31)(H,29,30)/t20-,23-/m0/s1. The maximum absolute atomic E-state index is 13.1. The Morgan fingerprint density at radius 1 is 1.09 bits per heavy atom. The molecule has 0 aliphatic rings. The number of nitrogens with one attached hydrogen (secondary N) is 3. The lowest BCUT2D eigenvalue weighted by Gasteiger charge is -2.24. The van der Waals surface area contributed by atoms with Gasteiger partial charge in [0.25, 0.3) is 0 Å². The van der Waals surface area contributed by atoms with Crippen molar-refractivity contribution in [1.82, 2.24) is 10.5 Å². The number of methoxy groups -OCH3 is 1. The van der Waals surface area contributed by atoms with E-state index in [-0.39, 0.29) is 11.9 Å². The number of hydrogen-bond acceptors (Lipinski definition) is 6. The first-order valence-corrected chi connectivity index (χ1v) is 11.5. The lowest BCUT2D eigenvalue weighted by atomic mass is 10.0. The molecule has 7 nitrogen and oxygen atoms in total. The van der Waals surface area contributed by atoms with Gasteiger partial charge >= 0.3 is 0 Å². The van der Waals surface area contributed by atoms with Gasteiger partial charge in [-0.1, -0.05) is 56.3 Å². The second kappa shape index (κ2) is 11.9. The zero-order valence-electron chi connectivity index (χ0n) is 19.8. The molecule has 3 rings (SSSR count). The summed E-state index contributed by atoms with van der Waals surface area (Å²) in [5.74, 6) is 2.32. The summed E-state index contributed by atoms with van der Waals surface area (Å²) in [4.78, 5) is 13.1. The predicted molar refractivity (Wildman–Crippen MR) is 133 cm³/mol. The molecule has 1 heterocycles. The smallest absolute Gasteiger partial charge is 0.242 e. The van der Waals surface area contributed by atoms with Crippen molar-refractivity contribution < 1.29 is 14.1 Å². The minimum Gasteiger partial charge on any atom is -0.497 e. The van der Waals surface area contributed by atoms with Crippen molar-refractivity contribution in [1.29, 1.82) is 0 Å². The molecule has 3 N–H and O–H groups in total. The van der Waals surface area contributed by atoms with Gasteiger partial charge in [-0.25, -0.2) is 0 Å². The van der Waals surface area contributed by atoms with Crippen molar-refractivity contribution >= 4 is 17.4 Å². The molecule has 0 saturated heterocycles. The lowest BCUT2D eigenvalue weighted by molar-refractivity contribution is -0.122. The van der Waals surface area contributed by atoms with Crippen LogP contribution in [-0.4, -0.2) is 36.8 Å². The number of amides is 1. The summed E-state index contributed by atoms with van der Waals surface area (Å²) >= 11 is 0. The molecule has 7 heteroatoms. The molecule has 0 aliphatic heterocycles. The predicted octanol–water partition coefficient (Wildman–Crippen LogP) is 5.18. The van der Waals surface area contributed by atoms with E-state index in [4.69, 9.17) is 9.26 Å². The van der Waals surface area contributed by atoms with Gasteiger partial charge in [-0.2, -0.15) is 0 Å². The SMILES string of the molecule is CC[C@@H](CNc1ccc(OC)cc1)NC(=O)[C@H](CC(C)C)Nc1cc(-c2ccccc2)on1. The molecule has 0 aliphatic carbocycles. The number of rotatable bonds is 12. The van der Waals surface area contributed by atoms with Gasteiger partial charge in [0.1, 0.15) is 11.8 Å². The maximum atomic E-state index is 13.1. The van der Waals surface area contributed by atoms with E-state index in [9.17, 15) is 4.79 Å². The zero-order valence-corrected chi connectivity index (χ0v) is 19.8. The molecule has 3 aromatic rings. The summed E-state index contributed by atoms with van der Waals surface area (Å²) < 4.78 is 10.7. The summed E-state index contributed by atoms with van der Waals surface area (Å²) in [6.45, 7) is 6.89. The van der Waals surface area contributed by atoms with E-state index in [0.717, 1.165) is 23.4 Å². The average Bonchev–Trinajstić information content (AvgIpc) is 3.30. The largest absolute Gasteiger partial charge is 0.497 e. The van der Waals surface area contributed by atoms with Crippen LogP contribution >= 0.6 is 0 Å². The summed E-state index contributed by atoms with van der Waals surface area (Å²) in [5, 5.41) is 13.9. The summed E-state index contributed by atoms with van der Waals surface area (Å²) in [5.41, 5.74) is 1.93. The number of carbonyl (C=O) groups excluding carboxylic acids is 1. The molecule has 0 spiro atoms. The zero-order chi connectivity index (χ0) is 23.6. The molecule has 176 valence electrons. The average molecular weight is 451 g/mol. The van der Waals surface area contributed by atoms with E-state index in [0.29, 0.717) is 30.5 Å². The molecule has 2 atom stereocenters. The summed E-state index contributed by atoms with van der Waals surface area (Å²) in [6.07, 6.45) is 1.49. The first kappa shape index (κ1) is 24.2. The minimum atomic E-state index is -0.409. The topological polar surface area (TPSA) is 88.4 Å². The first-order valence-electron chi connectivity index (χ1n) is 11.5. The maximum Gasteiger partial charge on any atom is 0.242 e. The van der Waals surface area contributed by atoms with Gasteiger partial charge in [-0.15, -0.1) is 0 Å². The van der Waals surface area contributed by atoms with Gasteiger partial charge in [0.15, 0.2) is 11.6 Å². The molecule has 1 amide bonds. The van der Waals surface area contributed by atoms with Crippen molar-refractivity contribution in [3.05, 3.63) is 60.7 Å². The lowest BCUT2D eigenvalue weighted by Crippen LogP contribution is -2.47. The molecule has 33 heavy (non-hydrogen) atoms. The highest BCUT2D eigenvalue weighted by Crippen LogP contribution is 2.23. The Hall–Kier alpha value is -3.48. The third-order valence-electron chi connectivity index (χ3n) is 5.40. The number of hydrogen-bond donors (Lipinski definition) is 3. The molecular formula is C26H34N4O3. The van der Waals surface area contributed by atoms with E-state index >= 15 is 0 Å². The fourth-order valence-electron chi connectivity index (χ4n) is 3.51. The van der Waals surface area contributed by atoms with Crippen LogP contribution in [0.3, 0.4) is 0 Å². The molecule has 0 bridgehead atoms. The van der Waals surface area contributed by atoms with Crippen molar-refractivity contribution in [3.63, 3.8) is 0 Å². The number of aromatic nitrogens is 1. The van der Waals surface area contributed by atoms with Crippen LogP contribution < -0.4 is 20.7 Å². The highest BCUT2D eigenvalue weighted by Gasteiger charge is 2.23. The van der Waals surface area contributed by atoms with Crippen LogP contribution in [-0.2, 0) is 4.79 Å². The highest BCUT2D eigenvalue weighted by atomic mass is 16.5. The minimum absolute atomic E-state index is 0.00625. The number of anilines is 2. The Labute approximate surface area is 195 Å². The van der Waals surface area contributed by atoms with Gasteiger partial charge in [0.2, 0.25) is 5.91 Å². The molecular weight excluding hydrogens is 416 g/mol. The van der Waals surface area contributed by atoms with E-state index < -0.39 is 6.04 Å². The third kappa shape index (κ3) is 7.27. The third-order valence-corrected chi connectivity index (χ3v) is 5.40. The molecule has 0 radical (unpaired) electrons. The molecule has 0 unspecified atom stereocenters. The van der Waals surface area contributed by atoms with Crippen LogP contribution in [0.4, 0.5) is 11.5 Å². The van der Waals surface area contributed by atoms with Crippen LogP contribution in [0.1, 0.15) is 33.6 Å². The molecule has 2 aromatic carbocycles. The van der Waals surface area contributed by atoms with Crippen LogP contribution in [0.25, 0.3) is 11.3 Å². The molecule has 1 aromatic heterocycles. The van der Waals surface area contributed by atoms with Crippen LogP contribution in [0, 0.1) is 5.92 Å². The Kier molecular flexibility index (Phi) is 8.75. The monoisotopic (exact) mass is 450 g/mol. The highest BCUT2D eigenvalue weighted by molar-refractivity contribution is 5.84. The molecule has 0 fully saturated rings. The second-order valence-electron chi connectivity index (χ2n) is 8.49. The Balaban J connectivity index is 1.61. The van der Waals surface area contributed by atoms with Crippen LogP contribution in [0.15, 0.2) is 65.2 Å². The van der Waals surface area contributed by atoms with E-state index in [1.807, 2.05) is 60.7 Å². The summed E-state index contributed by atoms with van der Waals surface area (Å²) in [7, 11) is 1.65. The van der Waals surface area contributed by atoms with Gasteiger partial charge in [0, 0.05) is 29.9 Å². The van der Waals surface area contributed by atoms with Crippen molar-refractivity contribution in [2.45, 2.75) is 45.7 Å². The number of benzene rings is 2. The van der Waals surface area contributed by atoms with Crippen LogP contribution in [0.2, 0.25) is 0 Å². The first-order chi connectivity index (χ1) is 16.0. The Bertz CT molecular complexity index is 986. The normalized spacial score (nSPS) is 12.8. The van der Waals surface area contributed by atoms with Gasteiger partial charge in [0.05, 0.1) is 7.11 Å². The number of nitrogens with zero attached hydrogens (tertiary/aromatic N) is 1. The summed E-state index contributed by atoms with van der Waals surface area (Å²) in [6, 6.07) is 18.9. The Morgan fingerprint density at radius 3 is 2.45 bits per heavy atom. The van der Waals surface area contributed by atoms with Crippen molar-refractivity contribution in [2.24, 2.45) is 5.92 Å². The number of carbonyl (C=O) groups is 1. The van der Waals surface area contributed by atoms with Crippen LogP contribution in [0.5, 0.6) is 5.75 Å².